The van der Waals surface area contributed by atoms with Gasteiger partial charge in [-0.3, -0.25) is 9.59 Å². The van der Waals surface area contributed by atoms with E-state index in [1.165, 1.54) is 27.7 Å². The lowest BCUT2D eigenvalue weighted by Gasteiger charge is -2.21. The first kappa shape index (κ1) is 24.3. The lowest BCUT2D eigenvalue weighted by atomic mass is 9.86. The van der Waals surface area contributed by atoms with Crippen LogP contribution < -0.4 is 0 Å². The van der Waals surface area contributed by atoms with Gasteiger partial charge < -0.3 is 20.0 Å². The van der Waals surface area contributed by atoms with Gasteiger partial charge in [0, 0.05) is 23.2 Å². The second kappa shape index (κ2) is 9.46. The summed E-state index contributed by atoms with van der Waals surface area (Å²) in [7, 11) is -2.05. The molecule has 0 atom stereocenters. The second-order valence-electron chi connectivity index (χ2n) is 8.46. The van der Waals surface area contributed by atoms with Crippen molar-refractivity contribution in [2.75, 3.05) is 6.16 Å². The molecule has 0 aromatic heterocycles. The van der Waals surface area contributed by atoms with E-state index in [2.05, 4.69) is 0 Å². The number of carbonyl (C=O) groups excluding carboxylic acids is 2. The van der Waals surface area contributed by atoms with Crippen molar-refractivity contribution in [1.29, 1.82) is 0 Å². The quantitative estimate of drug-likeness (QED) is 0.357. The lowest BCUT2D eigenvalue weighted by molar-refractivity contribution is 0.0487. The van der Waals surface area contributed by atoms with Crippen LogP contribution in [0, 0.1) is 0 Å². The fourth-order valence-corrected chi connectivity index (χ4v) is 3.70. The number of ketones is 2. The van der Waals surface area contributed by atoms with Crippen molar-refractivity contribution >= 4 is 19.9 Å². The Kier molecular flexibility index (Phi) is 7.67. The van der Waals surface area contributed by atoms with Gasteiger partial charge in [0.2, 0.25) is 0 Å². The Bertz CT molecular complexity index is 804. The van der Waals surface area contributed by atoms with Crippen molar-refractivity contribution in [3.63, 3.8) is 0 Å². The van der Waals surface area contributed by atoms with Crippen LogP contribution in [0.4, 0.5) is 0 Å². The van der Waals surface area contributed by atoms with E-state index in [-0.39, 0.29) is 23.6 Å². The molecule has 30 heavy (non-hydrogen) atoms. The van der Waals surface area contributed by atoms with E-state index in [1.807, 2.05) is 0 Å². The first-order valence-electron chi connectivity index (χ1n) is 9.70. The molecule has 2 aromatic carbocycles. The molecule has 0 saturated carbocycles. The number of Topliss-reactive ketones (excluding diaryl/α,β-unsaturated/α-hetero) is 2. The standard InChI is InChI=1S/C23H29O6P/c1-22(2,26)20(24)17-9-5-15(6-10-17)19(13-14-30(28)29)16-7-11-18(12-8-16)21(25)23(3,4)27/h5-12,19,26-29H,13-14H2,1-4H3. The molecule has 0 spiro atoms. The molecule has 0 fully saturated rings. The van der Waals surface area contributed by atoms with Crippen LogP contribution in [0.1, 0.15) is 71.9 Å². The Morgan fingerprint density at radius 1 is 0.767 bits per heavy atom. The highest BCUT2D eigenvalue weighted by molar-refractivity contribution is 7.45. The highest BCUT2D eigenvalue weighted by Gasteiger charge is 2.27. The third kappa shape index (κ3) is 6.27. The molecule has 0 aliphatic heterocycles. The van der Waals surface area contributed by atoms with Gasteiger partial charge in [-0.2, -0.15) is 0 Å². The number of benzene rings is 2. The predicted octanol–water partition coefficient (Wildman–Crippen LogP) is 3.41. The van der Waals surface area contributed by atoms with E-state index >= 15 is 0 Å². The summed E-state index contributed by atoms with van der Waals surface area (Å²) in [6.07, 6.45) is 0.685. The summed E-state index contributed by atoms with van der Waals surface area (Å²) in [6.45, 7) is 5.75. The maximum absolute atomic E-state index is 12.2. The van der Waals surface area contributed by atoms with Crippen LogP contribution in [-0.2, 0) is 0 Å². The van der Waals surface area contributed by atoms with Gasteiger partial charge in [-0.05, 0) is 45.2 Å². The van der Waals surface area contributed by atoms with Crippen molar-refractivity contribution in [3.05, 3.63) is 70.8 Å². The normalized spacial score (nSPS) is 12.5. The highest BCUT2D eigenvalue weighted by Crippen LogP contribution is 2.34. The molecule has 0 unspecified atom stereocenters. The largest absolute Gasteiger partial charge is 0.382 e. The van der Waals surface area contributed by atoms with Crippen LogP contribution in [0.3, 0.4) is 0 Å². The number of carbonyl (C=O) groups is 2. The van der Waals surface area contributed by atoms with Crippen LogP contribution in [0.25, 0.3) is 0 Å². The maximum Gasteiger partial charge on any atom is 0.193 e. The zero-order valence-corrected chi connectivity index (χ0v) is 18.6. The fraction of sp³-hybridized carbons (Fsp3) is 0.391. The molecule has 0 radical (unpaired) electrons. The van der Waals surface area contributed by atoms with Gasteiger partial charge in [0.15, 0.2) is 19.9 Å². The van der Waals surface area contributed by atoms with Crippen LogP contribution >= 0.6 is 8.38 Å². The monoisotopic (exact) mass is 432 g/mol. The molecule has 6 nitrogen and oxygen atoms in total. The third-order valence-corrected chi connectivity index (χ3v) is 5.54. The SMILES string of the molecule is CC(C)(O)C(=O)c1ccc(C(CCP(O)O)c2ccc(C(=O)C(C)(C)O)cc2)cc1. The highest BCUT2D eigenvalue weighted by atomic mass is 31.2. The minimum Gasteiger partial charge on any atom is -0.382 e. The summed E-state index contributed by atoms with van der Waals surface area (Å²) >= 11 is 0. The summed E-state index contributed by atoms with van der Waals surface area (Å²) in [6, 6.07) is 13.7. The molecule has 2 aromatic rings. The molecule has 4 N–H and O–H groups in total. The van der Waals surface area contributed by atoms with Crippen molar-refractivity contribution in [2.24, 2.45) is 0 Å². The Hall–Kier alpha value is -1.95. The summed E-state index contributed by atoms with van der Waals surface area (Å²) < 4.78 is 0. The molecule has 0 heterocycles. The summed E-state index contributed by atoms with van der Waals surface area (Å²) in [4.78, 5) is 43.3. The lowest BCUT2D eigenvalue weighted by Crippen LogP contribution is -2.31. The van der Waals surface area contributed by atoms with E-state index in [0.717, 1.165) is 11.1 Å². The van der Waals surface area contributed by atoms with Crippen molar-refractivity contribution in [3.8, 4) is 0 Å². The predicted molar refractivity (Wildman–Crippen MR) is 117 cm³/mol. The average molecular weight is 432 g/mol. The maximum atomic E-state index is 12.2. The van der Waals surface area contributed by atoms with E-state index in [9.17, 15) is 29.6 Å². The molecular weight excluding hydrogens is 403 g/mol. The van der Waals surface area contributed by atoms with Gasteiger partial charge >= 0.3 is 0 Å². The van der Waals surface area contributed by atoms with E-state index in [1.54, 1.807) is 48.5 Å². The molecule has 0 aliphatic carbocycles. The molecular formula is C23H29O6P. The van der Waals surface area contributed by atoms with Crippen LogP contribution in [0.2, 0.25) is 0 Å². The van der Waals surface area contributed by atoms with Crippen molar-refractivity contribution in [2.45, 2.75) is 51.2 Å². The van der Waals surface area contributed by atoms with Crippen LogP contribution in [-0.4, -0.2) is 48.9 Å². The first-order valence-corrected chi connectivity index (χ1v) is 11.1. The minimum atomic E-state index is -2.05. The Balaban J connectivity index is 2.34. The topological polar surface area (TPSA) is 115 Å². The van der Waals surface area contributed by atoms with E-state index in [0.29, 0.717) is 17.5 Å². The van der Waals surface area contributed by atoms with E-state index < -0.39 is 19.6 Å². The third-order valence-electron chi connectivity index (χ3n) is 4.88. The van der Waals surface area contributed by atoms with Crippen LogP contribution in [0.15, 0.2) is 48.5 Å². The van der Waals surface area contributed by atoms with Gasteiger partial charge in [0.25, 0.3) is 0 Å². The molecule has 2 rings (SSSR count). The van der Waals surface area contributed by atoms with Gasteiger partial charge in [0.1, 0.15) is 11.2 Å². The van der Waals surface area contributed by atoms with Gasteiger partial charge in [-0.1, -0.05) is 48.5 Å². The zero-order chi connectivity index (χ0) is 22.7. The number of rotatable bonds is 9. The number of hydrogen-bond acceptors (Lipinski definition) is 6. The summed E-state index contributed by atoms with van der Waals surface area (Å²) in [5, 5.41) is 19.8. The van der Waals surface area contributed by atoms with Gasteiger partial charge in [-0.25, -0.2) is 0 Å². The Labute approximate surface area is 178 Å². The number of hydrogen-bond donors (Lipinski definition) is 4. The molecule has 162 valence electrons. The van der Waals surface area contributed by atoms with Gasteiger partial charge in [-0.15, -0.1) is 0 Å². The smallest absolute Gasteiger partial charge is 0.193 e. The van der Waals surface area contributed by atoms with Crippen molar-refractivity contribution < 1.29 is 29.6 Å². The minimum absolute atomic E-state index is 0.174. The van der Waals surface area contributed by atoms with E-state index in [4.69, 9.17) is 0 Å². The zero-order valence-electron chi connectivity index (χ0n) is 17.7. The average Bonchev–Trinajstić information content (AvgIpc) is 2.66. The number of aliphatic hydroxyl groups is 2. The summed E-state index contributed by atoms with van der Waals surface area (Å²) in [5.74, 6) is -0.935. The fourth-order valence-electron chi connectivity index (χ4n) is 3.21. The van der Waals surface area contributed by atoms with Crippen molar-refractivity contribution in [1.82, 2.24) is 0 Å². The molecule has 0 aliphatic rings. The molecule has 0 amide bonds. The summed E-state index contributed by atoms with van der Waals surface area (Å²) in [5.41, 5.74) is -0.396. The van der Waals surface area contributed by atoms with Gasteiger partial charge in [0.05, 0.1) is 0 Å². The molecule has 7 heteroatoms. The molecule has 0 bridgehead atoms. The molecule has 0 saturated heterocycles. The van der Waals surface area contributed by atoms with Crippen LogP contribution in [0.5, 0.6) is 0 Å². The first-order chi connectivity index (χ1) is 13.8. The Morgan fingerprint density at radius 2 is 1.10 bits per heavy atom. The second-order valence-corrected chi connectivity index (χ2v) is 9.65. The Morgan fingerprint density at radius 3 is 1.37 bits per heavy atom.